The number of methoxy groups -OCH3 is 1. The summed E-state index contributed by atoms with van der Waals surface area (Å²) >= 11 is 1.12. The zero-order valence-corrected chi connectivity index (χ0v) is 19.2. The predicted octanol–water partition coefficient (Wildman–Crippen LogP) is 3.57. The monoisotopic (exact) mass is 483 g/mol. The van der Waals surface area contributed by atoms with Gasteiger partial charge in [0.15, 0.2) is 5.13 Å². The number of rotatable bonds is 8. The number of nitrogens with one attached hydrogen (secondary N) is 2. The van der Waals surface area contributed by atoms with E-state index in [1.807, 2.05) is 18.2 Å². The van der Waals surface area contributed by atoms with E-state index in [0.717, 1.165) is 11.3 Å². The number of hydrogen-bond donors (Lipinski definition) is 3. The number of anilines is 1. The first-order valence-electron chi connectivity index (χ1n) is 9.94. The van der Waals surface area contributed by atoms with E-state index >= 15 is 0 Å². The summed E-state index contributed by atoms with van der Waals surface area (Å²) in [6.45, 7) is 0.0660. The van der Waals surface area contributed by atoms with Crippen LogP contribution in [-0.2, 0) is 10.0 Å². The minimum absolute atomic E-state index is 0.0660. The largest absolute Gasteiger partial charge is 0.497 e. The van der Waals surface area contributed by atoms with E-state index in [1.54, 1.807) is 42.5 Å². The molecule has 10 heteroatoms. The molecule has 0 radical (unpaired) electrons. The number of aliphatic hydroxyl groups excluding tert-OH is 1. The summed E-state index contributed by atoms with van der Waals surface area (Å²) in [5, 5.41) is 13.1. The topological polar surface area (TPSA) is 118 Å². The number of carbonyl (C=O) groups is 1. The van der Waals surface area contributed by atoms with Gasteiger partial charge in [-0.3, -0.25) is 9.52 Å². The maximum absolute atomic E-state index is 12.6. The average Bonchev–Trinajstić information content (AvgIpc) is 3.23. The van der Waals surface area contributed by atoms with Gasteiger partial charge in [-0.15, -0.1) is 0 Å². The van der Waals surface area contributed by atoms with Crippen LogP contribution in [0.2, 0.25) is 0 Å². The smallest absolute Gasteiger partial charge is 0.263 e. The van der Waals surface area contributed by atoms with Crippen LogP contribution in [0.15, 0.2) is 77.7 Å². The molecule has 1 atom stereocenters. The van der Waals surface area contributed by atoms with Crippen LogP contribution in [0.5, 0.6) is 5.75 Å². The normalized spacial score (nSPS) is 12.3. The fourth-order valence-corrected chi connectivity index (χ4v) is 5.26. The number of sulfonamides is 1. The third-order valence-electron chi connectivity index (χ3n) is 4.88. The van der Waals surface area contributed by atoms with Crippen molar-refractivity contribution in [2.45, 2.75) is 11.0 Å². The fraction of sp³-hybridized carbons (Fsp3) is 0.130. The zero-order chi connectivity index (χ0) is 23.4. The number of thiazole rings is 1. The minimum Gasteiger partial charge on any atom is -0.497 e. The van der Waals surface area contributed by atoms with E-state index in [2.05, 4.69) is 15.0 Å². The van der Waals surface area contributed by atoms with Gasteiger partial charge in [-0.1, -0.05) is 41.7 Å². The molecule has 3 aromatic carbocycles. The summed E-state index contributed by atoms with van der Waals surface area (Å²) in [5.74, 6) is 0.205. The van der Waals surface area contributed by atoms with Crippen molar-refractivity contribution < 1.29 is 23.1 Å². The molecule has 0 aliphatic rings. The van der Waals surface area contributed by atoms with E-state index in [4.69, 9.17) is 4.74 Å². The molecule has 0 unspecified atom stereocenters. The summed E-state index contributed by atoms with van der Waals surface area (Å²) < 4.78 is 33.5. The third-order valence-corrected chi connectivity index (χ3v) is 7.30. The Hall–Kier alpha value is -3.47. The van der Waals surface area contributed by atoms with Crippen LogP contribution in [0.1, 0.15) is 22.0 Å². The van der Waals surface area contributed by atoms with Gasteiger partial charge in [0, 0.05) is 12.1 Å². The van der Waals surface area contributed by atoms with E-state index < -0.39 is 16.1 Å². The zero-order valence-electron chi connectivity index (χ0n) is 17.6. The van der Waals surface area contributed by atoms with Crippen LogP contribution in [0.4, 0.5) is 5.13 Å². The van der Waals surface area contributed by atoms with Crippen LogP contribution in [0, 0.1) is 0 Å². The van der Waals surface area contributed by atoms with Crippen molar-refractivity contribution in [1.82, 2.24) is 10.3 Å². The highest BCUT2D eigenvalue weighted by atomic mass is 32.2. The van der Waals surface area contributed by atoms with E-state index in [0.29, 0.717) is 27.1 Å². The highest BCUT2D eigenvalue weighted by molar-refractivity contribution is 7.93. The van der Waals surface area contributed by atoms with Crippen molar-refractivity contribution in [2.75, 3.05) is 18.4 Å². The standard InChI is InChI=1S/C23H21N3O5S2/c1-31-17-8-10-18(11-9-17)33(29,30)26-23-25-19-12-7-16(13-21(19)32-23)22(28)24-14-20(27)15-5-3-2-4-6-15/h2-13,20,27H,14H2,1H3,(H,24,28)(H,25,26)/t20-/m1/s1. The van der Waals surface area contributed by atoms with Gasteiger partial charge in [-0.25, -0.2) is 13.4 Å². The molecule has 0 aliphatic heterocycles. The van der Waals surface area contributed by atoms with Crippen molar-refractivity contribution in [3.05, 3.63) is 83.9 Å². The highest BCUT2D eigenvalue weighted by Gasteiger charge is 2.18. The lowest BCUT2D eigenvalue weighted by Gasteiger charge is -2.12. The number of ether oxygens (including phenoxy) is 1. The SMILES string of the molecule is COc1ccc(S(=O)(=O)Nc2nc3ccc(C(=O)NC[C@@H](O)c4ccccc4)cc3s2)cc1. The summed E-state index contributed by atoms with van der Waals surface area (Å²) in [6.07, 6.45) is -0.818. The average molecular weight is 484 g/mol. The van der Waals surface area contributed by atoms with Gasteiger partial charge in [-0.2, -0.15) is 0 Å². The van der Waals surface area contributed by atoms with Gasteiger partial charge < -0.3 is 15.2 Å². The molecule has 0 fully saturated rings. The first-order valence-corrected chi connectivity index (χ1v) is 12.2. The Balaban J connectivity index is 1.46. The van der Waals surface area contributed by atoms with Crippen molar-refractivity contribution in [3.63, 3.8) is 0 Å². The minimum atomic E-state index is -3.82. The molecular formula is C23H21N3O5S2. The highest BCUT2D eigenvalue weighted by Crippen LogP contribution is 2.29. The number of carbonyl (C=O) groups excluding carboxylic acids is 1. The quantitative estimate of drug-likeness (QED) is 0.353. The van der Waals surface area contributed by atoms with E-state index in [-0.39, 0.29) is 22.5 Å². The number of fused-ring (bicyclic) bond motifs is 1. The molecule has 0 bridgehead atoms. The van der Waals surface area contributed by atoms with Gasteiger partial charge in [0.05, 0.1) is 28.3 Å². The molecule has 1 heterocycles. The molecule has 4 rings (SSSR count). The Labute approximate surface area is 194 Å². The second-order valence-corrected chi connectivity index (χ2v) is 9.83. The van der Waals surface area contributed by atoms with Gasteiger partial charge in [0.2, 0.25) is 0 Å². The van der Waals surface area contributed by atoms with Crippen LogP contribution >= 0.6 is 11.3 Å². The molecule has 0 spiro atoms. The van der Waals surface area contributed by atoms with Crippen LogP contribution in [0.3, 0.4) is 0 Å². The Kier molecular flexibility index (Phi) is 6.59. The molecule has 0 saturated carbocycles. The summed E-state index contributed by atoms with van der Waals surface area (Å²) in [4.78, 5) is 16.9. The fourth-order valence-electron chi connectivity index (χ4n) is 3.12. The van der Waals surface area contributed by atoms with Crippen LogP contribution in [0.25, 0.3) is 10.2 Å². The second kappa shape index (κ2) is 9.57. The Morgan fingerprint density at radius 2 is 1.82 bits per heavy atom. The van der Waals surface area contributed by atoms with Crippen molar-refractivity contribution in [1.29, 1.82) is 0 Å². The van der Waals surface area contributed by atoms with E-state index in [1.165, 1.54) is 19.2 Å². The van der Waals surface area contributed by atoms with Crippen molar-refractivity contribution in [2.24, 2.45) is 0 Å². The lowest BCUT2D eigenvalue weighted by Crippen LogP contribution is -2.28. The molecule has 4 aromatic rings. The lowest BCUT2D eigenvalue weighted by atomic mass is 10.1. The first kappa shape index (κ1) is 22.7. The maximum atomic E-state index is 12.6. The molecule has 1 aromatic heterocycles. The second-order valence-electron chi connectivity index (χ2n) is 7.12. The molecule has 0 saturated heterocycles. The number of hydrogen-bond acceptors (Lipinski definition) is 7. The summed E-state index contributed by atoms with van der Waals surface area (Å²) in [7, 11) is -2.32. The van der Waals surface area contributed by atoms with Crippen LogP contribution in [-0.4, -0.2) is 38.1 Å². The molecule has 1 amide bonds. The maximum Gasteiger partial charge on any atom is 0.263 e. The van der Waals surface area contributed by atoms with Gasteiger partial charge in [0.1, 0.15) is 5.75 Å². The Bertz CT molecular complexity index is 1370. The predicted molar refractivity (Wildman–Crippen MR) is 127 cm³/mol. The number of amides is 1. The van der Waals surface area contributed by atoms with Crippen molar-refractivity contribution in [3.8, 4) is 5.75 Å². The number of aliphatic hydroxyl groups is 1. The van der Waals surface area contributed by atoms with Gasteiger partial charge in [0.25, 0.3) is 15.9 Å². The molecule has 170 valence electrons. The first-order chi connectivity index (χ1) is 15.9. The molecular weight excluding hydrogens is 462 g/mol. The molecule has 3 N–H and O–H groups in total. The molecule has 0 aliphatic carbocycles. The third kappa shape index (κ3) is 5.30. The number of aromatic nitrogens is 1. The van der Waals surface area contributed by atoms with Crippen LogP contribution < -0.4 is 14.8 Å². The molecule has 8 nitrogen and oxygen atoms in total. The Morgan fingerprint density at radius 3 is 2.52 bits per heavy atom. The van der Waals surface area contributed by atoms with Gasteiger partial charge in [-0.05, 0) is 48.0 Å². The van der Waals surface area contributed by atoms with E-state index in [9.17, 15) is 18.3 Å². The van der Waals surface area contributed by atoms with Crippen molar-refractivity contribution >= 4 is 42.6 Å². The number of benzene rings is 3. The molecule has 33 heavy (non-hydrogen) atoms. The Morgan fingerprint density at radius 1 is 1.09 bits per heavy atom. The summed E-state index contributed by atoms with van der Waals surface area (Å²) in [5.41, 5.74) is 1.66. The number of nitrogens with zero attached hydrogens (tertiary/aromatic N) is 1. The van der Waals surface area contributed by atoms with Gasteiger partial charge >= 0.3 is 0 Å². The summed E-state index contributed by atoms with van der Waals surface area (Å²) in [6, 6.07) is 20.0. The lowest BCUT2D eigenvalue weighted by molar-refractivity contribution is 0.0916.